The van der Waals surface area contributed by atoms with E-state index in [9.17, 15) is 0 Å². The van der Waals surface area contributed by atoms with Crippen molar-refractivity contribution in [2.45, 2.75) is 25.8 Å². The van der Waals surface area contributed by atoms with Crippen molar-refractivity contribution in [2.24, 2.45) is 18.2 Å². The maximum absolute atomic E-state index is 6.15. The first-order chi connectivity index (χ1) is 7.53. The highest BCUT2D eigenvalue weighted by Crippen LogP contribution is 2.58. The van der Waals surface area contributed by atoms with Crippen molar-refractivity contribution >= 4 is 11.0 Å². The van der Waals surface area contributed by atoms with E-state index in [0.717, 1.165) is 5.65 Å². The van der Waals surface area contributed by atoms with E-state index in [2.05, 4.69) is 35.7 Å². The van der Waals surface area contributed by atoms with Crippen molar-refractivity contribution in [2.75, 3.05) is 0 Å². The smallest absolute Gasteiger partial charge is 0.139 e. The van der Waals surface area contributed by atoms with Gasteiger partial charge < -0.3 is 10.3 Å². The Morgan fingerprint density at radius 1 is 1.44 bits per heavy atom. The van der Waals surface area contributed by atoms with Crippen LogP contribution in [0.15, 0.2) is 24.5 Å². The minimum Gasteiger partial charge on any atom is -0.335 e. The molecule has 3 heteroatoms. The number of pyridine rings is 1. The second-order valence-corrected chi connectivity index (χ2v) is 5.39. The summed E-state index contributed by atoms with van der Waals surface area (Å²) in [5, 5.41) is 1.25. The quantitative estimate of drug-likeness (QED) is 0.791. The van der Waals surface area contributed by atoms with Gasteiger partial charge >= 0.3 is 0 Å². The Hall–Kier alpha value is -1.35. The van der Waals surface area contributed by atoms with Crippen LogP contribution in [0, 0.1) is 5.41 Å². The van der Waals surface area contributed by atoms with Crippen LogP contribution < -0.4 is 5.73 Å². The molecule has 0 unspecified atom stereocenters. The monoisotopic (exact) mass is 215 g/mol. The molecule has 1 fully saturated rings. The third-order valence-electron chi connectivity index (χ3n) is 4.01. The molecule has 2 atom stereocenters. The Bertz CT molecular complexity index is 553. The topological polar surface area (TPSA) is 43.8 Å². The minimum absolute atomic E-state index is 0.226. The van der Waals surface area contributed by atoms with Crippen molar-refractivity contribution < 1.29 is 0 Å². The Morgan fingerprint density at radius 2 is 2.12 bits per heavy atom. The van der Waals surface area contributed by atoms with Gasteiger partial charge in [0.2, 0.25) is 0 Å². The largest absolute Gasteiger partial charge is 0.335 e. The highest BCUT2D eigenvalue weighted by molar-refractivity contribution is 5.82. The van der Waals surface area contributed by atoms with Gasteiger partial charge in [0.1, 0.15) is 5.65 Å². The molecule has 1 aliphatic carbocycles. The number of aryl methyl sites for hydroxylation is 1. The van der Waals surface area contributed by atoms with E-state index in [1.807, 2.05) is 19.3 Å². The van der Waals surface area contributed by atoms with Gasteiger partial charge in [-0.3, -0.25) is 0 Å². The molecule has 3 nitrogen and oxygen atoms in total. The number of hydrogen-bond acceptors (Lipinski definition) is 2. The zero-order valence-electron chi connectivity index (χ0n) is 9.94. The van der Waals surface area contributed by atoms with Crippen LogP contribution in [0.4, 0.5) is 0 Å². The van der Waals surface area contributed by atoms with Crippen LogP contribution in [0.2, 0.25) is 0 Å². The summed E-state index contributed by atoms with van der Waals surface area (Å²) in [4.78, 5) is 4.41. The van der Waals surface area contributed by atoms with Crippen molar-refractivity contribution in [1.29, 1.82) is 0 Å². The lowest BCUT2D eigenvalue weighted by Gasteiger charge is -2.00. The molecule has 3 rings (SSSR count). The zero-order valence-corrected chi connectivity index (χ0v) is 9.94. The molecule has 84 valence electrons. The van der Waals surface area contributed by atoms with Crippen molar-refractivity contribution in [3.63, 3.8) is 0 Å². The van der Waals surface area contributed by atoms with Gasteiger partial charge in [-0.15, -0.1) is 0 Å². The van der Waals surface area contributed by atoms with E-state index in [0.29, 0.717) is 5.92 Å². The second-order valence-electron chi connectivity index (χ2n) is 5.39. The molecule has 0 radical (unpaired) electrons. The molecule has 16 heavy (non-hydrogen) atoms. The van der Waals surface area contributed by atoms with Gasteiger partial charge in [0.25, 0.3) is 0 Å². The summed E-state index contributed by atoms with van der Waals surface area (Å²) in [6, 6.07) is 4.41. The maximum Gasteiger partial charge on any atom is 0.139 e. The number of aromatic nitrogens is 2. The minimum atomic E-state index is 0.226. The molecule has 2 aromatic rings. The van der Waals surface area contributed by atoms with Gasteiger partial charge in [-0.2, -0.15) is 0 Å². The fourth-order valence-electron chi connectivity index (χ4n) is 2.76. The lowest BCUT2D eigenvalue weighted by Crippen LogP contribution is -2.06. The van der Waals surface area contributed by atoms with E-state index < -0.39 is 0 Å². The first-order valence-corrected chi connectivity index (χ1v) is 5.69. The van der Waals surface area contributed by atoms with Crippen molar-refractivity contribution in [3.05, 3.63) is 30.1 Å². The molecule has 2 heterocycles. The average Bonchev–Trinajstić information content (AvgIpc) is 2.60. The molecule has 0 saturated heterocycles. The van der Waals surface area contributed by atoms with Crippen LogP contribution in [0.5, 0.6) is 0 Å². The van der Waals surface area contributed by atoms with Gasteiger partial charge in [-0.05, 0) is 23.1 Å². The zero-order chi connectivity index (χ0) is 11.5. The van der Waals surface area contributed by atoms with Crippen LogP contribution in [0.3, 0.4) is 0 Å². The molecule has 2 aromatic heterocycles. The predicted molar refractivity (Wildman–Crippen MR) is 65.2 cm³/mol. The van der Waals surface area contributed by atoms with Crippen LogP contribution >= 0.6 is 0 Å². The summed E-state index contributed by atoms with van der Waals surface area (Å²) in [6.07, 6.45) is 4.01. The highest BCUT2D eigenvalue weighted by Gasteiger charge is 2.56. The average molecular weight is 215 g/mol. The first kappa shape index (κ1) is 9.85. The molecule has 1 saturated carbocycles. The number of fused-ring (bicyclic) bond motifs is 1. The predicted octanol–water partition coefficient (Wildman–Crippen LogP) is 2.02. The Morgan fingerprint density at radius 3 is 2.75 bits per heavy atom. The summed E-state index contributed by atoms with van der Waals surface area (Å²) in [6.45, 7) is 4.47. The summed E-state index contributed by atoms with van der Waals surface area (Å²) < 4.78 is 2.09. The third-order valence-corrected chi connectivity index (χ3v) is 4.01. The Kier molecular flexibility index (Phi) is 1.76. The molecule has 0 bridgehead atoms. The molecular weight excluding hydrogens is 198 g/mol. The van der Waals surface area contributed by atoms with Gasteiger partial charge in [-0.1, -0.05) is 13.8 Å². The van der Waals surface area contributed by atoms with E-state index >= 15 is 0 Å². The van der Waals surface area contributed by atoms with Crippen molar-refractivity contribution in [1.82, 2.24) is 9.55 Å². The Balaban J connectivity index is 2.19. The van der Waals surface area contributed by atoms with E-state index in [1.54, 1.807) is 0 Å². The Labute approximate surface area is 95.3 Å². The van der Waals surface area contributed by atoms with Crippen LogP contribution in [-0.4, -0.2) is 15.6 Å². The molecule has 1 aliphatic rings. The summed E-state index contributed by atoms with van der Waals surface area (Å²) in [5.74, 6) is 0.473. The van der Waals surface area contributed by atoms with Crippen LogP contribution in [0.1, 0.15) is 25.3 Å². The molecular formula is C13H17N3. The van der Waals surface area contributed by atoms with Gasteiger partial charge in [0.05, 0.1) is 0 Å². The number of nitrogens with zero attached hydrogens (tertiary/aromatic N) is 2. The van der Waals surface area contributed by atoms with Gasteiger partial charge in [0, 0.05) is 36.8 Å². The summed E-state index contributed by atoms with van der Waals surface area (Å²) in [5.41, 5.74) is 8.77. The molecule has 0 aliphatic heterocycles. The van der Waals surface area contributed by atoms with E-state index in [-0.39, 0.29) is 11.5 Å². The molecule has 0 spiro atoms. The maximum atomic E-state index is 6.15. The molecule has 2 N–H and O–H groups in total. The standard InChI is InChI=1S/C13H17N3/c1-13(2)10(11(13)14)9-7-16(3)12-8(9)5-4-6-15-12/h4-7,10-11H,14H2,1-3H3/t10-,11-/m1/s1. The summed E-state index contributed by atoms with van der Waals surface area (Å²) in [7, 11) is 2.04. The lowest BCUT2D eigenvalue weighted by atomic mass is 10.0. The van der Waals surface area contributed by atoms with E-state index in [4.69, 9.17) is 5.73 Å². The third kappa shape index (κ3) is 1.09. The number of hydrogen-bond donors (Lipinski definition) is 1. The fourth-order valence-corrected chi connectivity index (χ4v) is 2.76. The van der Waals surface area contributed by atoms with E-state index in [1.165, 1.54) is 10.9 Å². The van der Waals surface area contributed by atoms with Crippen molar-refractivity contribution in [3.8, 4) is 0 Å². The first-order valence-electron chi connectivity index (χ1n) is 5.69. The lowest BCUT2D eigenvalue weighted by molar-refractivity contribution is 0.599. The number of nitrogens with two attached hydrogens (primary N) is 1. The highest BCUT2D eigenvalue weighted by atomic mass is 15.0. The number of rotatable bonds is 1. The summed E-state index contributed by atoms with van der Waals surface area (Å²) >= 11 is 0. The van der Waals surface area contributed by atoms with Crippen LogP contribution in [0.25, 0.3) is 11.0 Å². The van der Waals surface area contributed by atoms with Crippen LogP contribution in [-0.2, 0) is 7.05 Å². The molecule has 0 aromatic carbocycles. The molecule has 0 amide bonds. The van der Waals surface area contributed by atoms with Gasteiger partial charge in [0.15, 0.2) is 0 Å². The fraction of sp³-hybridized carbons (Fsp3) is 0.462. The van der Waals surface area contributed by atoms with Gasteiger partial charge in [-0.25, -0.2) is 4.98 Å². The second kappa shape index (κ2) is 2.86. The SMILES string of the molecule is Cn1cc([C@@H]2[C@@H](N)C2(C)C)c2cccnc21. The normalized spacial score (nSPS) is 27.2.